The maximum absolute atomic E-state index is 12.6. The van der Waals surface area contributed by atoms with Gasteiger partial charge in [0.2, 0.25) is 0 Å². The van der Waals surface area contributed by atoms with Crippen molar-refractivity contribution >= 4 is 25.8 Å². The first-order valence-electron chi connectivity index (χ1n) is 5.50. The first-order chi connectivity index (χ1) is 8.46. The van der Waals surface area contributed by atoms with Gasteiger partial charge < -0.3 is 0 Å². The van der Waals surface area contributed by atoms with Gasteiger partial charge in [0.05, 0.1) is 4.90 Å². The van der Waals surface area contributed by atoms with Crippen LogP contribution in [0.1, 0.15) is 12.5 Å². The number of sulfone groups is 1. The third kappa shape index (κ3) is 2.22. The van der Waals surface area contributed by atoms with Crippen molar-refractivity contribution in [3.63, 3.8) is 0 Å². The molecule has 18 heavy (non-hydrogen) atoms. The summed E-state index contributed by atoms with van der Waals surface area (Å²) in [6.07, 6.45) is 0. The Labute approximate surface area is 116 Å². The maximum atomic E-state index is 12.6. The quantitative estimate of drug-likeness (QED) is 0.806. The second kappa shape index (κ2) is 4.86. The van der Waals surface area contributed by atoms with Gasteiger partial charge >= 0.3 is 0 Å². The van der Waals surface area contributed by atoms with E-state index in [2.05, 4.69) is 15.9 Å². The normalized spacial score (nSPS) is 15.0. The van der Waals surface area contributed by atoms with Crippen molar-refractivity contribution in [1.82, 2.24) is 0 Å². The Kier molecular flexibility index (Phi) is 3.59. The monoisotopic (exact) mass is 324 g/mol. The molecule has 1 unspecified atom stereocenters. The lowest BCUT2D eigenvalue weighted by Gasteiger charge is -2.23. The van der Waals surface area contributed by atoms with E-state index in [9.17, 15) is 8.42 Å². The second-order valence-electron chi connectivity index (χ2n) is 4.10. The molecule has 0 aliphatic heterocycles. The van der Waals surface area contributed by atoms with Crippen molar-refractivity contribution in [2.24, 2.45) is 0 Å². The Morgan fingerprint density at radius 3 is 1.83 bits per heavy atom. The highest BCUT2D eigenvalue weighted by molar-refractivity contribution is 9.11. The molecule has 0 aromatic heterocycles. The molecule has 0 amide bonds. The van der Waals surface area contributed by atoms with Crippen LogP contribution in [0, 0.1) is 0 Å². The molecule has 0 bridgehead atoms. The third-order valence-corrected chi connectivity index (χ3v) is 6.72. The average molecular weight is 325 g/mol. The maximum Gasteiger partial charge on any atom is 0.197 e. The molecular formula is C14H13BrO2S. The Morgan fingerprint density at radius 1 is 0.889 bits per heavy atom. The smallest absolute Gasteiger partial charge is 0.197 e. The van der Waals surface area contributed by atoms with Crippen LogP contribution in [0.15, 0.2) is 65.6 Å². The Morgan fingerprint density at radius 2 is 1.33 bits per heavy atom. The van der Waals surface area contributed by atoms with Crippen LogP contribution in [-0.4, -0.2) is 8.42 Å². The molecule has 2 aromatic carbocycles. The van der Waals surface area contributed by atoms with Crippen LogP contribution in [0.4, 0.5) is 0 Å². The van der Waals surface area contributed by atoms with Gasteiger partial charge in [0.15, 0.2) is 13.5 Å². The summed E-state index contributed by atoms with van der Waals surface area (Å²) in [5.74, 6) is 0. The lowest BCUT2D eigenvalue weighted by atomic mass is 10.2. The van der Waals surface area contributed by atoms with E-state index < -0.39 is 13.5 Å². The molecule has 4 heteroatoms. The van der Waals surface area contributed by atoms with Crippen LogP contribution in [0.25, 0.3) is 0 Å². The third-order valence-electron chi connectivity index (χ3n) is 2.85. The molecule has 94 valence electrons. The van der Waals surface area contributed by atoms with Gasteiger partial charge in [0.25, 0.3) is 0 Å². The van der Waals surface area contributed by atoms with Crippen molar-refractivity contribution < 1.29 is 8.42 Å². The molecule has 2 nitrogen and oxygen atoms in total. The Balaban J connectivity index is 2.55. The summed E-state index contributed by atoms with van der Waals surface area (Å²) in [5.41, 5.74) is 0.717. The van der Waals surface area contributed by atoms with Gasteiger partial charge in [0, 0.05) is 0 Å². The topological polar surface area (TPSA) is 34.1 Å². The number of hydrogen-bond donors (Lipinski definition) is 0. The number of benzene rings is 2. The summed E-state index contributed by atoms with van der Waals surface area (Å²) in [7, 11) is -3.47. The lowest BCUT2D eigenvalue weighted by Crippen LogP contribution is -2.26. The lowest BCUT2D eigenvalue weighted by molar-refractivity contribution is 0.582. The summed E-state index contributed by atoms with van der Waals surface area (Å²) < 4.78 is 24.1. The number of hydrogen-bond acceptors (Lipinski definition) is 2. The number of alkyl halides is 1. The minimum atomic E-state index is -3.47. The molecule has 2 rings (SSSR count). The van der Waals surface area contributed by atoms with Gasteiger partial charge in [-0.3, -0.25) is 0 Å². The highest BCUT2D eigenvalue weighted by Crippen LogP contribution is 2.40. The predicted octanol–water partition coefficient (Wildman–Crippen LogP) is 3.73. The minimum absolute atomic E-state index is 0.313. The van der Waals surface area contributed by atoms with Gasteiger partial charge in [-0.05, 0) is 24.6 Å². The average Bonchev–Trinajstić information content (AvgIpc) is 2.40. The molecule has 0 heterocycles. The van der Waals surface area contributed by atoms with E-state index in [4.69, 9.17) is 0 Å². The summed E-state index contributed by atoms with van der Waals surface area (Å²) >= 11 is 3.36. The Bertz CT molecular complexity index is 619. The summed E-state index contributed by atoms with van der Waals surface area (Å²) in [6, 6.07) is 17.6. The van der Waals surface area contributed by atoms with Crippen LogP contribution in [0.3, 0.4) is 0 Å². The van der Waals surface area contributed by atoms with Gasteiger partial charge in [-0.25, -0.2) is 8.42 Å². The van der Waals surface area contributed by atoms with Crippen molar-refractivity contribution in [2.75, 3.05) is 0 Å². The van der Waals surface area contributed by atoms with Crippen molar-refractivity contribution in [3.05, 3.63) is 66.2 Å². The highest BCUT2D eigenvalue weighted by atomic mass is 79.9. The molecule has 2 aromatic rings. The molecule has 0 N–H and O–H groups in total. The largest absolute Gasteiger partial charge is 0.222 e. The second-order valence-corrected chi connectivity index (χ2v) is 8.50. The standard InChI is InChI=1S/C14H13BrO2S/c1-14(15,12-8-4-2-5-9-12)18(16,17)13-10-6-3-7-11-13/h2-11H,1H3. The zero-order valence-electron chi connectivity index (χ0n) is 9.88. The van der Waals surface area contributed by atoms with E-state index in [1.54, 1.807) is 49.4 Å². The van der Waals surface area contributed by atoms with Crippen molar-refractivity contribution in [3.8, 4) is 0 Å². The fourth-order valence-electron chi connectivity index (χ4n) is 1.71. The summed E-state index contributed by atoms with van der Waals surface area (Å²) in [6.45, 7) is 1.66. The van der Waals surface area contributed by atoms with E-state index in [1.165, 1.54) is 0 Å². The molecule has 0 aliphatic carbocycles. The predicted molar refractivity (Wildman–Crippen MR) is 76.3 cm³/mol. The van der Waals surface area contributed by atoms with E-state index >= 15 is 0 Å². The van der Waals surface area contributed by atoms with Crippen LogP contribution in [0.2, 0.25) is 0 Å². The number of halogens is 1. The van der Waals surface area contributed by atoms with Gasteiger partial charge in [-0.2, -0.15) is 0 Å². The van der Waals surface area contributed by atoms with E-state index in [0.717, 1.165) is 0 Å². The first kappa shape index (κ1) is 13.3. The zero-order chi connectivity index (χ0) is 13.2. The molecule has 0 aliphatic rings. The van der Waals surface area contributed by atoms with Crippen molar-refractivity contribution in [1.29, 1.82) is 0 Å². The van der Waals surface area contributed by atoms with Gasteiger partial charge in [0.1, 0.15) is 0 Å². The SMILES string of the molecule is CC(Br)(c1ccccc1)S(=O)(=O)c1ccccc1. The zero-order valence-corrected chi connectivity index (χ0v) is 12.3. The summed E-state index contributed by atoms with van der Waals surface area (Å²) in [4.78, 5) is 0.313. The van der Waals surface area contributed by atoms with Gasteiger partial charge in [-0.1, -0.05) is 64.5 Å². The summed E-state index contributed by atoms with van der Waals surface area (Å²) in [5, 5.41) is 0. The number of rotatable bonds is 3. The van der Waals surface area contributed by atoms with Crippen LogP contribution < -0.4 is 0 Å². The van der Waals surface area contributed by atoms with E-state index in [0.29, 0.717) is 10.5 Å². The van der Waals surface area contributed by atoms with E-state index in [-0.39, 0.29) is 0 Å². The highest BCUT2D eigenvalue weighted by Gasteiger charge is 2.39. The van der Waals surface area contributed by atoms with E-state index in [1.807, 2.05) is 18.2 Å². The minimum Gasteiger partial charge on any atom is -0.222 e. The van der Waals surface area contributed by atoms with Gasteiger partial charge in [-0.15, -0.1) is 0 Å². The molecule has 0 saturated carbocycles. The molecular weight excluding hydrogens is 312 g/mol. The van der Waals surface area contributed by atoms with Crippen molar-refractivity contribution in [2.45, 2.75) is 15.5 Å². The fourth-order valence-corrected chi connectivity index (χ4v) is 3.94. The van der Waals surface area contributed by atoms with Crippen LogP contribution >= 0.6 is 15.9 Å². The molecule has 0 saturated heterocycles. The molecule has 0 fully saturated rings. The van der Waals surface area contributed by atoms with Crippen LogP contribution in [-0.2, 0) is 13.5 Å². The van der Waals surface area contributed by atoms with Crippen LogP contribution in [0.5, 0.6) is 0 Å². The first-order valence-corrected chi connectivity index (χ1v) is 7.78. The Hall–Kier alpha value is -1.13. The molecule has 0 radical (unpaired) electrons. The molecule has 0 spiro atoms. The fraction of sp³-hybridized carbons (Fsp3) is 0.143. The molecule has 1 atom stereocenters.